The first kappa shape index (κ1) is 13.7. The maximum atomic E-state index is 5.75. The molecule has 1 unspecified atom stereocenters. The third-order valence-electron chi connectivity index (χ3n) is 3.39. The first-order valence-corrected chi connectivity index (χ1v) is 6.97. The Bertz CT molecular complexity index is 360. The quantitative estimate of drug-likeness (QED) is 0.888. The maximum absolute atomic E-state index is 5.75. The van der Waals surface area contributed by atoms with E-state index in [-0.39, 0.29) is 0 Å². The molecule has 0 radical (unpaired) electrons. The maximum Gasteiger partial charge on any atom is 0.147 e. The van der Waals surface area contributed by atoms with E-state index < -0.39 is 0 Å². The van der Waals surface area contributed by atoms with E-state index in [0.29, 0.717) is 17.2 Å². The van der Waals surface area contributed by atoms with Crippen molar-refractivity contribution in [2.75, 3.05) is 13.1 Å². The number of hydrogen-bond acceptors (Lipinski definition) is 4. The lowest BCUT2D eigenvalue weighted by Crippen LogP contribution is -2.40. The number of nitrogens with one attached hydrogen (secondary N) is 1. The molecule has 1 aromatic heterocycles. The van der Waals surface area contributed by atoms with Gasteiger partial charge in [-0.15, -0.1) is 0 Å². The Morgan fingerprint density at radius 2 is 2.28 bits per heavy atom. The minimum atomic E-state index is 0.451. The fourth-order valence-corrected chi connectivity index (χ4v) is 2.38. The van der Waals surface area contributed by atoms with Crippen LogP contribution >= 0.6 is 11.6 Å². The summed E-state index contributed by atoms with van der Waals surface area (Å²) in [6.45, 7) is 7.50. The van der Waals surface area contributed by atoms with Gasteiger partial charge in [0.15, 0.2) is 0 Å². The molecule has 0 saturated carbocycles. The van der Waals surface area contributed by atoms with Crippen LogP contribution in [0.25, 0.3) is 0 Å². The Balaban J connectivity index is 1.94. The van der Waals surface area contributed by atoms with Crippen molar-refractivity contribution in [3.05, 3.63) is 23.2 Å². The Hall–Kier alpha value is -0.710. The van der Waals surface area contributed by atoms with E-state index in [9.17, 15) is 0 Å². The molecule has 0 spiro atoms. The Morgan fingerprint density at radius 1 is 1.44 bits per heavy atom. The summed E-state index contributed by atoms with van der Waals surface area (Å²) < 4.78 is 0. The summed E-state index contributed by atoms with van der Waals surface area (Å²) in [7, 11) is 0. The third kappa shape index (κ3) is 3.90. The van der Waals surface area contributed by atoms with E-state index in [1.54, 1.807) is 12.4 Å². The third-order valence-corrected chi connectivity index (χ3v) is 3.58. The van der Waals surface area contributed by atoms with Crippen LogP contribution in [-0.4, -0.2) is 40.0 Å². The molecule has 1 saturated heterocycles. The van der Waals surface area contributed by atoms with Crippen LogP contribution in [0.5, 0.6) is 0 Å². The van der Waals surface area contributed by atoms with E-state index in [1.807, 2.05) is 0 Å². The lowest BCUT2D eigenvalue weighted by molar-refractivity contribution is 0.191. The molecule has 5 heteroatoms. The average molecular weight is 269 g/mol. The van der Waals surface area contributed by atoms with Gasteiger partial charge in [-0.05, 0) is 33.2 Å². The van der Waals surface area contributed by atoms with Crippen molar-refractivity contribution in [1.82, 2.24) is 20.2 Å². The van der Waals surface area contributed by atoms with Crippen molar-refractivity contribution in [3.8, 4) is 0 Å². The molecule has 1 aliphatic heterocycles. The minimum Gasteiger partial charge on any atom is -0.313 e. The molecule has 2 heterocycles. The first-order valence-electron chi connectivity index (χ1n) is 6.59. The fraction of sp³-hybridized carbons (Fsp3) is 0.692. The Kier molecular flexibility index (Phi) is 4.92. The normalized spacial score (nSPS) is 19.9. The van der Waals surface area contributed by atoms with Gasteiger partial charge in [0.1, 0.15) is 5.15 Å². The van der Waals surface area contributed by atoms with Crippen molar-refractivity contribution in [2.45, 2.75) is 45.3 Å². The summed E-state index contributed by atoms with van der Waals surface area (Å²) in [5.41, 5.74) is 0.978. The molecule has 0 bridgehead atoms. The number of nitrogens with zero attached hydrogens (tertiary/aromatic N) is 3. The SMILES string of the molecule is CC(C)N(Cc1cnc(Cl)cn1)CC1CCCN1. The van der Waals surface area contributed by atoms with E-state index in [2.05, 4.69) is 34.0 Å². The molecular weight excluding hydrogens is 248 g/mol. The summed E-state index contributed by atoms with van der Waals surface area (Å²) in [5, 5.41) is 3.99. The van der Waals surface area contributed by atoms with Crippen LogP contribution in [0.4, 0.5) is 0 Å². The molecule has 4 nitrogen and oxygen atoms in total. The standard InChI is InChI=1S/C13H21ClN4/c1-10(2)18(8-11-4-3-5-15-11)9-12-6-17-13(14)7-16-12/h6-7,10-11,15H,3-5,8-9H2,1-2H3. The molecule has 1 aliphatic rings. The summed E-state index contributed by atoms with van der Waals surface area (Å²) >= 11 is 5.75. The van der Waals surface area contributed by atoms with Gasteiger partial charge in [0.25, 0.3) is 0 Å². The molecule has 1 aromatic rings. The second-order valence-corrected chi connectivity index (χ2v) is 5.53. The topological polar surface area (TPSA) is 41.1 Å². The van der Waals surface area contributed by atoms with Crippen LogP contribution in [0.15, 0.2) is 12.4 Å². The lowest BCUT2D eigenvalue weighted by atomic mass is 10.2. The van der Waals surface area contributed by atoms with Crippen LogP contribution < -0.4 is 5.32 Å². The first-order chi connectivity index (χ1) is 8.65. The van der Waals surface area contributed by atoms with Crippen molar-refractivity contribution in [3.63, 3.8) is 0 Å². The highest BCUT2D eigenvalue weighted by Crippen LogP contribution is 2.12. The zero-order valence-electron chi connectivity index (χ0n) is 11.1. The zero-order chi connectivity index (χ0) is 13.0. The molecule has 1 atom stereocenters. The summed E-state index contributed by atoms with van der Waals surface area (Å²) in [4.78, 5) is 10.8. The van der Waals surface area contributed by atoms with E-state index in [4.69, 9.17) is 11.6 Å². The Morgan fingerprint density at radius 3 is 2.83 bits per heavy atom. The summed E-state index contributed by atoms with van der Waals surface area (Å²) in [6.07, 6.45) is 5.94. The second-order valence-electron chi connectivity index (χ2n) is 5.15. The number of aromatic nitrogens is 2. The zero-order valence-corrected chi connectivity index (χ0v) is 11.8. The van der Waals surface area contributed by atoms with Crippen LogP contribution in [0.1, 0.15) is 32.4 Å². The number of halogens is 1. The van der Waals surface area contributed by atoms with Gasteiger partial charge in [0.05, 0.1) is 18.1 Å². The van der Waals surface area contributed by atoms with Gasteiger partial charge in [0, 0.05) is 25.2 Å². The van der Waals surface area contributed by atoms with Gasteiger partial charge >= 0.3 is 0 Å². The highest BCUT2D eigenvalue weighted by Gasteiger charge is 2.20. The molecule has 100 valence electrons. The van der Waals surface area contributed by atoms with Crippen molar-refractivity contribution >= 4 is 11.6 Å². The molecule has 18 heavy (non-hydrogen) atoms. The summed E-state index contributed by atoms with van der Waals surface area (Å²) in [6, 6.07) is 1.12. The van der Waals surface area contributed by atoms with Crippen LogP contribution in [0.2, 0.25) is 5.15 Å². The molecule has 1 fully saturated rings. The molecule has 0 aliphatic carbocycles. The largest absolute Gasteiger partial charge is 0.313 e. The van der Waals surface area contributed by atoms with Crippen LogP contribution in [-0.2, 0) is 6.54 Å². The molecule has 0 aromatic carbocycles. The smallest absolute Gasteiger partial charge is 0.147 e. The molecule has 1 N–H and O–H groups in total. The molecule has 0 amide bonds. The van der Waals surface area contributed by atoms with Crippen LogP contribution in [0.3, 0.4) is 0 Å². The van der Waals surface area contributed by atoms with Crippen molar-refractivity contribution < 1.29 is 0 Å². The average Bonchev–Trinajstić information content (AvgIpc) is 2.84. The van der Waals surface area contributed by atoms with Gasteiger partial charge in [-0.2, -0.15) is 0 Å². The van der Waals surface area contributed by atoms with Gasteiger partial charge in [-0.25, -0.2) is 4.98 Å². The second kappa shape index (κ2) is 6.45. The van der Waals surface area contributed by atoms with Gasteiger partial charge < -0.3 is 5.32 Å². The van der Waals surface area contributed by atoms with Gasteiger partial charge in [-0.1, -0.05) is 11.6 Å². The highest BCUT2D eigenvalue weighted by molar-refractivity contribution is 6.29. The van der Waals surface area contributed by atoms with Crippen LogP contribution in [0, 0.1) is 0 Å². The predicted octanol–water partition coefficient (Wildman–Crippen LogP) is 2.09. The van der Waals surface area contributed by atoms with Gasteiger partial charge in [-0.3, -0.25) is 9.88 Å². The molecular formula is C13H21ClN4. The van der Waals surface area contributed by atoms with Gasteiger partial charge in [0.2, 0.25) is 0 Å². The fourth-order valence-electron chi connectivity index (χ4n) is 2.28. The van der Waals surface area contributed by atoms with E-state index in [0.717, 1.165) is 25.3 Å². The number of hydrogen-bond donors (Lipinski definition) is 1. The monoisotopic (exact) mass is 268 g/mol. The summed E-state index contributed by atoms with van der Waals surface area (Å²) in [5.74, 6) is 0. The minimum absolute atomic E-state index is 0.451. The van der Waals surface area contributed by atoms with Crippen molar-refractivity contribution in [2.24, 2.45) is 0 Å². The van der Waals surface area contributed by atoms with Crippen molar-refractivity contribution in [1.29, 1.82) is 0 Å². The highest BCUT2D eigenvalue weighted by atomic mass is 35.5. The number of rotatable bonds is 5. The molecule has 2 rings (SSSR count). The predicted molar refractivity (Wildman–Crippen MR) is 73.6 cm³/mol. The van der Waals surface area contributed by atoms with E-state index >= 15 is 0 Å². The van der Waals surface area contributed by atoms with E-state index in [1.165, 1.54) is 12.8 Å². The lowest BCUT2D eigenvalue weighted by Gasteiger charge is -2.28. The Labute approximate surface area is 114 Å².